The molecule has 0 aliphatic heterocycles. The van der Waals surface area contributed by atoms with Crippen molar-refractivity contribution in [3.63, 3.8) is 0 Å². The maximum Gasteiger partial charge on any atom is 0.337 e. The number of aromatic nitrogens is 2. The van der Waals surface area contributed by atoms with E-state index < -0.39 is 5.97 Å². The van der Waals surface area contributed by atoms with Crippen molar-refractivity contribution in [2.75, 3.05) is 0 Å². The molecule has 0 aliphatic rings. The van der Waals surface area contributed by atoms with Crippen LogP contribution in [-0.2, 0) is 0 Å². The third kappa shape index (κ3) is 3.68. The highest BCUT2D eigenvalue weighted by Crippen LogP contribution is 2.30. The van der Waals surface area contributed by atoms with Gasteiger partial charge in [0.25, 0.3) is 5.56 Å². The highest BCUT2D eigenvalue weighted by molar-refractivity contribution is 7.13. The summed E-state index contributed by atoms with van der Waals surface area (Å²) in [5, 5.41) is 14.5. The summed E-state index contributed by atoms with van der Waals surface area (Å²) in [4.78, 5) is 29.8. The molecule has 4 rings (SSSR count). The Labute approximate surface area is 170 Å². The lowest BCUT2D eigenvalue weighted by Crippen LogP contribution is -2.17. The molecule has 0 saturated carbocycles. The first kappa shape index (κ1) is 18.6. The summed E-state index contributed by atoms with van der Waals surface area (Å²) in [5.41, 5.74) is 2.76. The summed E-state index contributed by atoms with van der Waals surface area (Å²) in [6.45, 7) is 1.78. The molecule has 0 bridgehead atoms. The number of aromatic carboxylic acids is 1. The minimum atomic E-state index is -1.07. The van der Waals surface area contributed by atoms with Gasteiger partial charge >= 0.3 is 5.97 Å². The predicted octanol–water partition coefficient (Wildman–Crippen LogP) is 4.65. The number of carbonyl (C=O) groups is 1. The second-order valence-corrected chi connectivity index (χ2v) is 7.35. The summed E-state index contributed by atoms with van der Waals surface area (Å²) < 4.78 is 1.44. The number of hydrogen-bond acceptors (Lipinski definition) is 4. The lowest BCUT2D eigenvalue weighted by Gasteiger charge is -2.04. The molecule has 2 aromatic heterocycles. The lowest BCUT2D eigenvalue weighted by molar-refractivity contribution is 0.0698. The second kappa shape index (κ2) is 7.73. The molecule has 0 amide bonds. The van der Waals surface area contributed by atoms with Crippen LogP contribution in [0.1, 0.15) is 21.6 Å². The number of aromatic amines is 1. The minimum absolute atomic E-state index is 0.0816. The number of hydrogen-bond donors (Lipinski definition) is 2. The van der Waals surface area contributed by atoms with E-state index in [1.807, 2.05) is 47.8 Å². The number of nitrogens with one attached hydrogen (secondary N) is 1. The van der Waals surface area contributed by atoms with E-state index in [0.29, 0.717) is 22.6 Å². The van der Waals surface area contributed by atoms with Gasteiger partial charge in [-0.2, -0.15) is 0 Å². The van der Waals surface area contributed by atoms with Crippen LogP contribution in [0.5, 0.6) is 0 Å². The maximum atomic E-state index is 12.8. The van der Waals surface area contributed by atoms with Gasteiger partial charge < -0.3 is 5.11 Å². The molecule has 2 heterocycles. The van der Waals surface area contributed by atoms with E-state index in [-0.39, 0.29) is 11.1 Å². The van der Waals surface area contributed by atoms with Crippen molar-refractivity contribution >= 4 is 29.2 Å². The van der Waals surface area contributed by atoms with Crippen molar-refractivity contribution in [1.82, 2.24) is 9.78 Å². The summed E-state index contributed by atoms with van der Waals surface area (Å²) in [7, 11) is 0. The molecule has 0 spiro atoms. The SMILES string of the molecule is Cc1[nH]n(-c2ccccc2)c(=O)c1C=Nc1cc(-c2cccs2)ccc1C(=O)O. The third-order valence-corrected chi connectivity index (χ3v) is 5.42. The van der Waals surface area contributed by atoms with Gasteiger partial charge in [-0.1, -0.05) is 30.3 Å². The van der Waals surface area contributed by atoms with Gasteiger partial charge in [0, 0.05) is 16.8 Å². The van der Waals surface area contributed by atoms with Crippen LogP contribution < -0.4 is 5.56 Å². The molecule has 0 atom stereocenters. The van der Waals surface area contributed by atoms with Crippen LogP contribution in [0, 0.1) is 6.92 Å². The van der Waals surface area contributed by atoms with Crippen LogP contribution in [0.15, 0.2) is 75.8 Å². The van der Waals surface area contributed by atoms with Crippen molar-refractivity contribution in [2.24, 2.45) is 4.99 Å². The topological polar surface area (TPSA) is 87.5 Å². The number of carboxylic acids is 1. The van der Waals surface area contributed by atoms with E-state index >= 15 is 0 Å². The van der Waals surface area contributed by atoms with Crippen molar-refractivity contribution in [3.8, 4) is 16.1 Å². The van der Waals surface area contributed by atoms with Crippen molar-refractivity contribution in [3.05, 3.63) is 93.2 Å². The van der Waals surface area contributed by atoms with Gasteiger partial charge in [0.05, 0.1) is 22.5 Å². The lowest BCUT2D eigenvalue weighted by atomic mass is 10.1. The van der Waals surface area contributed by atoms with Crippen molar-refractivity contribution in [2.45, 2.75) is 6.92 Å². The van der Waals surface area contributed by atoms with Crippen LogP contribution in [0.25, 0.3) is 16.1 Å². The molecule has 0 unspecified atom stereocenters. The fourth-order valence-electron chi connectivity index (χ4n) is 3.02. The fraction of sp³-hybridized carbons (Fsp3) is 0.0455. The Kier molecular flexibility index (Phi) is 4.97. The van der Waals surface area contributed by atoms with E-state index in [1.54, 1.807) is 30.4 Å². The molecule has 2 N–H and O–H groups in total. The molecule has 7 heteroatoms. The molecular formula is C22H17N3O3S. The van der Waals surface area contributed by atoms with Gasteiger partial charge in [-0.3, -0.25) is 14.9 Å². The second-order valence-electron chi connectivity index (χ2n) is 6.40. The van der Waals surface area contributed by atoms with Gasteiger partial charge in [0.2, 0.25) is 0 Å². The Morgan fingerprint density at radius 1 is 1.14 bits per heavy atom. The van der Waals surface area contributed by atoms with Gasteiger partial charge in [0.15, 0.2) is 0 Å². The third-order valence-electron chi connectivity index (χ3n) is 4.50. The first-order chi connectivity index (χ1) is 14.0. The largest absolute Gasteiger partial charge is 0.478 e. The van der Waals surface area contributed by atoms with Crippen LogP contribution >= 0.6 is 11.3 Å². The molecule has 0 fully saturated rings. The number of carboxylic acid groups (broad SMARTS) is 1. The summed E-state index contributed by atoms with van der Waals surface area (Å²) in [6.07, 6.45) is 1.42. The van der Waals surface area contributed by atoms with E-state index in [9.17, 15) is 14.7 Å². The molecule has 2 aromatic carbocycles. The number of benzene rings is 2. The van der Waals surface area contributed by atoms with Crippen LogP contribution in [0.4, 0.5) is 5.69 Å². The molecule has 0 saturated heterocycles. The highest BCUT2D eigenvalue weighted by Gasteiger charge is 2.13. The quantitative estimate of drug-likeness (QED) is 0.476. The number of H-pyrrole nitrogens is 1. The molecule has 29 heavy (non-hydrogen) atoms. The number of rotatable bonds is 5. The maximum absolute atomic E-state index is 12.8. The van der Waals surface area contributed by atoms with Crippen molar-refractivity contribution < 1.29 is 9.90 Å². The highest BCUT2D eigenvalue weighted by atomic mass is 32.1. The number of aliphatic imine (C=N–C) groups is 1. The zero-order valence-electron chi connectivity index (χ0n) is 15.5. The Balaban J connectivity index is 1.76. The van der Waals surface area contributed by atoms with E-state index in [1.165, 1.54) is 17.0 Å². The van der Waals surface area contributed by atoms with Crippen LogP contribution in [-0.4, -0.2) is 27.1 Å². The summed E-state index contributed by atoms with van der Waals surface area (Å²) in [6, 6.07) is 18.1. The zero-order chi connectivity index (χ0) is 20.4. The number of para-hydroxylation sites is 1. The molecule has 0 radical (unpaired) electrons. The molecule has 6 nitrogen and oxygen atoms in total. The van der Waals surface area contributed by atoms with Gasteiger partial charge in [0.1, 0.15) is 0 Å². The molecule has 0 aliphatic carbocycles. The zero-order valence-corrected chi connectivity index (χ0v) is 16.3. The first-order valence-electron chi connectivity index (χ1n) is 8.87. The number of aryl methyl sites for hydroxylation is 1. The van der Waals surface area contributed by atoms with Crippen LogP contribution in [0.2, 0.25) is 0 Å². The fourth-order valence-corrected chi connectivity index (χ4v) is 3.74. The standard InChI is InChI=1S/C22H17N3O3S/c1-14-18(21(26)25(24-14)16-6-3-2-4-7-16)13-23-19-12-15(20-8-5-11-29-20)9-10-17(19)22(27)28/h2-13,24H,1H3,(H,27,28). The van der Waals surface area contributed by atoms with E-state index in [2.05, 4.69) is 10.1 Å². The summed E-state index contributed by atoms with van der Waals surface area (Å²) >= 11 is 1.56. The Bertz CT molecular complexity index is 1250. The Hall–Kier alpha value is -3.71. The van der Waals surface area contributed by atoms with Gasteiger partial charge in [-0.25, -0.2) is 9.48 Å². The van der Waals surface area contributed by atoms with E-state index in [0.717, 1.165) is 10.4 Å². The van der Waals surface area contributed by atoms with Gasteiger partial charge in [-0.05, 0) is 48.2 Å². The van der Waals surface area contributed by atoms with Crippen LogP contribution in [0.3, 0.4) is 0 Å². The first-order valence-corrected chi connectivity index (χ1v) is 9.75. The average Bonchev–Trinajstić information content (AvgIpc) is 3.36. The minimum Gasteiger partial charge on any atom is -0.478 e. The Morgan fingerprint density at radius 2 is 1.93 bits per heavy atom. The normalized spacial score (nSPS) is 11.2. The molecule has 144 valence electrons. The van der Waals surface area contributed by atoms with Crippen molar-refractivity contribution in [1.29, 1.82) is 0 Å². The summed E-state index contributed by atoms with van der Waals surface area (Å²) in [5.74, 6) is -1.07. The average molecular weight is 403 g/mol. The monoisotopic (exact) mass is 403 g/mol. The molecular weight excluding hydrogens is 386 g/mol. The smallest absolute Gasteiger partial charge is 0.337 e. The number of nitrogens with zero attached hydrogens (tertiary/aromatic N) is 2. The van der Waals surface area contributed by atoms with E-state index in [4.69, 9.17) is 0 Å². The predicted molar refractivity (Wildman–Crippen MR) is 115 cm³/mol. The molecule has 4 aromatic rings. The Morgan fingerprint density at radius 3 is 2.62 bits per heavy atom. The number of thiophene rings is 1. The van der Waals surface area contributed by atoms with Gasteiger partial charge in [-0.15, -0.1) is 11.3 Å².